The minimum atomic E-state index is -0.00317. The van der Waals surface area contributed by atoms with Gasteiger partial charge in [0.15, 0.2) is 5.69 Å². The number of carbonyl (C=O) groups excluding carboxylic acids is 1. The lowest BCUT2D eigenvalue weighted by atomic mass is 10.1. The summed E-state index contributed by atoms with van der Waals surface area (Å²) in [6.45, 7) is 5.91. The molecule has 4 rings (SSSR count). The molecule has 1 saturated carbocycles. The van der Waals surface area contributed by atoms with Crippen LogP contribution in [0.1, 0.15) is 41.9 Å². The molecule has 0 aromatic carbocycles. The Morgan fingerprint density at radius 3 is 2.83 bits per heavy atom. The Labute approximate surface area is 142 Å². The Bertz CT molecular complexity index is 610. The molecule has 0 radical (unpaired) electrons. The molecule has 1 aromatic rings. The number of hydrogen-bond donors (Lipinski definition) is 0. The number of aromatic nitrogens is 3. The molecule has 1 amide bonds. The molecule has 24 heavy (non-hydrogen) atoms. The normalized spacial score (nSPS) is 28.5. The number of likely N-dealkylation sites (tertiary alicyclic amines) is 1. The van der Waals surface area contributed by atoms with E-state index in [4.69, 9.17) is 4.74 Å². The maximum Gasteiger partial charge on any atom is 0.276 e. The van der Waals surface area contributed by atoms with Crippen LogP contribution in [0, 0.1) is 12.8 Å². The van der Waals surface area contributed by atoms with Crippen molar-refractivity contribution in [3.63, 3.8) is 0 Å². The molecule has 0 N–H and O–H groups in total. The zero-order valence-electron chi connectivity index (χ0n) is 14.6. The highest BCUT2D eigenvalue weighted by Crippen LogP contribution is 2.27. The summed E-state index contributed by atoms with van der Waals surface area (Å²) in [5, 5.41) is 8.46. The molecule has 0 unspecified atom stereocenters. The minimum absolute atomic E-state index is 0.00317. The van der Waals surface area contributed by atoms with Crippen LogP contribution in [0.4, 0.5) is 0 Å². The van der Waals surface area contributed by atoms with Gasteiger partial charge in [-0.15, -0.1) is 5.10 Å². The number of nitrogens with zero attached hydrogens (tertiary/aromatic N) is 5. The van der Waals surface area contributed by atoms with Gasteiger partial charge >= 0.3 is 0 Å². The number of ether oxygens (including phenoxy) is 1. The van der Waals surface area contributed by atoms with Crippen molar-refractivity contribution < 1.29 is 9.53 Å². The Kier molecular flexibility index (Phi) is 4.30. The van der Waals surface area contributed by atoms with Crippen molar-refractivity contribution in [1.82, 2.24) is 24.8 Å². The molecule has 0 spiro atoms. The summed E-state index contributed by atoms with van der Waals surface area (Å²) < 4.78 is 7.76. The molecular weight excluding hydrogens is 306 g/mol. The number of hydrogen-bond acceptors (Lipinski definition) is 5. The van der Waals surface area contributed by atoms with E-state index in [2.05, 4.69) is 22.3 Å². The third kappa shape index (κ3) is 2.84. The van der Waals surface area contributed by atoms with Gasteiger partial charge in [0.25, 0.3) is 5.91 Å². The molecule has 1 aromatic heterocycles. The highest BCUT2D eigenvalue weighted by molar-refractivity contribution is 5.93. The summed E-state index contributed by atoms with van der Waals surface area (Å²) >= 11 is 0. The molecular formula is C17H27N5O2. The molecule has 2 aliphatic heterocycles. The maximum atomic E-state index is 12.9. The van der Waals surface area contributed by atoms with Crippen LogP contribution in [0.3, 0.4) is 0 Å². The fourth-order valence-corrected chi connectivity index (χ4v) is 4.34. The van der Waals surface area contributed by atoms with E-state index >= 15 is 0 Å². The van der Waals surface area contributed by atoms with Gasteiger partial charge in [-0.05, 0) is 32.7 Å². The van der Waals surface area contributed by atoms with Gasteiger partial charge in [-0.2, -0.15) is 0 Å². The number of likely N-dealkylation sites (N-methyl/N-ethyl adjacent to an activating group) is 1. The van der Waals surface area contributed by atoms with Crippen molar-refractivity contribution in [2.75, 3.05) is 33.3 Å². The summed E-state index contributed by atoms with van der Waals surface area (Å²) in [6.07, 6.45) is 5.29. The SMILES string of the molecule is Cc1c(C(=O)N2C[C@H]3OCCN(C)[C@H]3C2)nnn1CC1CCCC1. The van der Waals surface area contributed by atoms with Crippen molar-refractivity contribution in [2.45, 2.75) is 51.3 Å². The van der Waals surface area contributed by atoms with Crippen molar-refractivity contribution in [1.29, 1.82) is 0 Å². The van der Waals surface area contributed by atoms with E-state index in [-0.39, 0.29) is 12.0 Å². The summed E-state index contributed by atoms with van der Waals surface area (Å²) in [5.74, 6) is 0.682. The first-order valence-corrected chi connectivity index (χ1v) is 9.14. The highest BCUT2D eigenvalue weighted by Gasteiger charge is 2.41. The zero-order chi connectivity index (χ0) is 16.7. The van der Waals surface area contributed by atoms with E-state index in [1.807, 2.05) is 16.5 Å². The summed E-state index contributed by atoms with van der Waals surface area (Å²) in [6, 6.07) is 0.302. The van der Waals surface area contributed by atoms with Gasteiger partial charge in [0.2, 0.25) is 0 Å². The number of rotatable bonds is 3. The highest BCUT2D eigenvalue weighted by atomic mass is 16.5. The Morgan fingerprint density at radius 1 is 1.29 bits per heavy atom. The second-order valence-corrected chi connectivity index (χ2v) is 7.52. The first kappa shape index (κ1) is 16.0. The van der Waals surface area contributed by atoms with E-state index < -0.39 is 0 Å². The van der Waals surface area contributed by atoms with Crippen LogP contribution < -0.4 is 0 Å². The predicted octanol–water partition coefficient (Wildman–Crippen LogP) is 0.932. The number of carbonyl (C=O) groups is 1. The van der Waals surface area contributed by atoms with Gasteiger partial charge in [-0.25, -0.2) is 4.68 Å². The van der Waals surface area contributed by atoms with E-state index in [0.29, 0.717) is 24.2 Å². The first-order valence-electron chi connectivity index (χ1n) is 9.14. The molecule has 132 valence electrons. The molecule has 0 bridgehead atoms. The van der Waals surface area contributed by atoms with Crippen LogP contribution in [-0.2, 0) is 11.3 Å². The van der Waals surface area contributed by atoms with Gasteiger partial charge in [-0.1, -0.05) is 18.1 Å². The molecule has 2 saturated heterocycles. The maximum absolute atomic E-state index is 12.9. The van der Waals surface area contributed by atoms with Crippen molar-refractivity contribution >= 4 is 5.91 Å². The summed E-state index contributed by atoms with van der Waals surface area (Å²) in [7, 11) is 2.11. The third-order valence-electron chi connectivity index (χ3n) is 5.96. The van der Waals surface area contributed by atoms with Crippen LogP contribution in [-0.4, -0.2) is 76.1 Å². The summed E-state index contributed by atoms with van der Waals surface area (Å²) in [4.78, 5) is 17.1. The van der Waals surface area contributed by atoms with Gasteiger partial charge in [0.05, 0.1) is 24.4 Å². The van der Waals surface area contributed by atoms with Crippen LogP contribution in [0.5, 0.6) is 0 Å². The fourth-order valence-electron chi connectivity index (χ4n) is 4.34. The second kappa shape index (κ2) is 6.44. The predicted molar refractivity (Wildman–Crippen MR) is 88.8 cm³/mol. The quantitative estimate of drug-likeness (QED) is 0.823. The molecule has 2 atom stereocenters. The molecule has 1 aliphatic carbocycles. The van der Waals surface area contributed by atoms with Crippen LogP contribution in [0.25, 0.3) is 0 Å². The lowest BCUT2D eigenvalue weighted by molar-refractivity contribution is -0.0368. The first-order chi connectivity index (χ1) is 11.6. The molecule has 3 aliphatic rings. The largest absolute Gasteiger partial charge is 0.373 e. The Hall–Kier alpha value is -1.47. The molecule has 7 heteroatoms. The molecule has 3 fully saturated rings. The molecule has 7 nitrogen and oxygen atoms in total. The van der Waals surface area contributed by atoms with E-state index in [0.717, 1.165) is 31.9 Å². The van der Waals surface area contributed by atoms with Crippen LogP contribution in [0.2, 0.25) is 0 Å². The van der Waals surface area contributed by atoms with Crippen molar-refractivity contribution in [3.8, 4) is 0 Å². The van der Waals surface area contributed by atoms with Gasteiger partial charge in [0.1, 0.15) is 0 Å². The average Bonchev–Trinajstić information content (AvgIpc) is 3.29. The third-order valence-corrected chi connectivity index (χ3v) is 5.96. The van der Waals surface area contributed by atoms with Gasteiger partial charge in [0, 0.05) is 26.2 Å². The van der Waals surface area contributed by atoms with Crippen LogP contribution >= 0.6 is 0 Å². The van der Waals surface area contributed by atoms with Crippen molar-refractivity contribution in [2.24, 2.45) is 5.92 Å². The van der Waals surface area contributed by atoms with E-state index in [1.54, 1.807) is 0 Å². The van der Waals surface area contributed by atoms with Gasteiger partial charge < -0.3 is 9.64 Å². The Morgan fingerprint density at radius 2 is 2.08 bits per heavy atom. The average molecular weight is 333 g/mol. The van der Waals surface area contributed by atoms with E-state index in [1.165, 1.54) is 25.7 Å². The topological polar surface area (TPSA) is 63.5 Å². The standard InChI is InChI=1S/C17H27N5O2/c1-12-16(18-19-22(12)9-13-5-3-4-6-13)17(23)21-10-14-15(11-21)24-8-7-20(14)2/h13-15H,3-11H2,1-2H3/t14-,15+/m0/s1. The Balaban J connectivity index is 1.46. The summed E-state index contributed by atoms with van der Waals surface area (Å²) in [5.41, 5.74) is 1.41. The monoisotopic (exact) mass is 333 g/mol. The number of morpholine rings is 1. The van der Waals surface area contributed by atoms with Gasteiger partial charge in [-0.3, -0.25) is 9.69 Å². The van der Waals surface area contributed by atoms with E-state index in [9.17, 15) is 4.79 Å². The number of amides is 1. The minimum Gasteiger partial charge on any atom is -0.373 e. The zero-order valence-corrected chi connectivity index (χ0v) is 14.6. The fraction of sp³-hybridized carbons (Fsp3) is 0.824. The van der Waals surface area contributed by atoms with Crippen LogP contribution in [0.15, 0.2) is 0 Å². The number of fused-ring (bicyclic) bond motifs is 1. The lowest BCUT2D eigenvalue weighted by Crippen LogP contribution is -2.48. The second-order valence-electron chi connectivity index (χ2n) is 7.52. The van der Waals surface area contributed by atoms with Crippen molar-refractivity contribution in [3.05, 3.63) is 11.4 Å². The molecule has 3 heterocycles. The lowest BCUT2D eigenvalue weighted by Gasteiger charge is -2.33. The smallest absolute Gasteiger partial charge is 0.276 e.